The number of hydrogen-bond donors (Lipinski definition) is 0. The molecule has 116 valence electrons. The van der Waals surface area contributed by atoms with E-state index in [9.17, 15) is 14.7 Å². The minimum Gasteiger partial charge on any atom is -0.548 e. The largest absolute Gasteiger partial charge is 0.548 e. The average Bonchev–Trinajstić information content (AvgIpc) is 2.74. The lowest BCUT2D eigenvalue weighted by Gasteiger charge is -2.14. The topological polar surface area (TPSA) is 78.9 Å². The maximum absolute atomic E-state index is 12.1. The molecule has 0 unspecified atom stereocenters. The number of ether oxygens (including phenoxy) is 2. The lowest BCUT2D eigenvalue weighted by atomic mass is 10.2. The Morgan fingerprint density at radius 2 is 2.05 bits per heavy atom. The van der Waals surface area contributed by atoms with Crippen molar-refractivity contribution in [2.45, 2.75) is 0 Å². The summed E-state index contributed by atoms with van der Waals surface area (Å²) in [4.78, 5) is 24.1. The second-order valence-corrected chi connectivity index (χ2v) is 5.93. The van der Waals surface area contributed by atoms with E-state index in [1.54, 1.807) is 24.3 Å². The van der Waals surface area contributed by atoms with Crippen LogP contribution in [0.25, 0.3) is 6.08 Å². The van der Waals surface area contributed by atoms with Crippen LogP contribution in [0.3, 0.4) is 0 Å². The summed E-state index contributed by atoms with van der Waals surface area (Å²) in [6, 6.07) is 5.18. The van der Waals surface area contributed by atoms with Crippen molar-refractivity contribution in [2.75, 3.05) is 20.8 Å². The number of carboxylic acid groups (broad SMARTS) is 1. The zero-order valence-electron chi connectivity index (χ0n) is 11.8. The molecule has 1 aromatic carbocycles. The van der Waals surface area contributed by atoms with E-state index in [1.807, 2.05) is 0 Å². The van der Waals surface area contributed by atoms with Gasteiger partial charge in [0, 0.05) is 0 Å². The number of carbonyl (C=O) groups excluding carboxylic acids is 2. The fourth-order valence-corrected chi connectivity index (χ4v) is 3.11. The SMILES string of the molecule is COc1ccc(C=C2SC(=S)N(CC(=O)[O-])C2=O)cc1OC. The van der Waals surface area contributed by atoms with Gasteiger partial charge in [0.05, 0.1) is 31.6 Å². The molecule has 1 aliphatic rings. The van der Waals surface area contributed by atoms with Gasteiger partial charge < -0.3 is 19.4 Å². The summed E-state index contributed by atoms with van der Waals surface area (Å²) in [6.45, 7) is -0.548. The summed E-state index contributed by atoms with van der Waals surface area (Å²) < 4.78 is 10.5. The standard InChI is InChI=1S/C14H13NO5S2/c1-19-9-4-3-8(5-10(9)20-2)6-11-13(18)15(7-12(16)17)14(21)22-11/h3-6H,7H2,1-2H3,(H,16,17)/p-1. The normalized spacial score (nSPS) is 16.3. The van der Waals surface area contributed by atoms with Gasteiger partial charge in [-0.25, -0.2) is 0 Å². The summed E-state index contributed by atoms with van der Waals surface area (Å²) in [5.74, 6) is -0.705. The van der Waals surface area contributed by atoms with Crippen LogP contribution in [0, 0.1) is 0 Å². The second kappa shape index (κ2) is 6.80. The first-order chi connectivity index (χ1) is 10.5. The predicted octanol–water partition coefficient (Wildman–Crippen LogP) is 0.655. The number of benzene rings is 1. The number of methoxy groups -OCH3 is 2. The molecule has 0 spiro atoms. The van der Waals surface area contributed by atoms with E-state index in [1.165, 1.54) is 14.2 Å². The molecular formula is C14H12NO5S2-. The Kier molecular flexibility index (Phi) is 5.04. The van der Waals surface area contributed by atoms with E-state index >= 15 is 0 Å². The smallest absolute Gasteiger partial charge is 0.266 e. The Hall–Kier alpha value is -2.06. The van der Waals surface area contributed by atoms with Gasteiger partial charge in [0.1, 0.15) is 4.32 Å². The van der Waals surface area contributed by atoms with Crippen molar-refractivity contribution in [3.05, 3.63) is 28.7 Å². The highest BCUT2D eigenvalue weighted by Crippen LogP contribution is 2.34. The molecule has 2 rings (SSSR count). The summed E-state index contributed by atoms with van der Waals surface area (Å²) >= 11 is 6.06. The monoisotopic (exact) mass is 338 g/mol. The molecule has 1 aliphatic heterocycles. The van der Waals surface area contributed by atoms with Crippen LogP contribution in [-0.4, -0.2) is 41.9 Å². The first-order valence-electron chi connectivity index (χ1n) is 6.13. The van der Waals surface area contributed by atoms with Gasteiger partial charge in [-0.15, -0.1) is 0 Å². The van der Waals surface area contributed by atoms with Gasteiger partial charge in [0.15, 0.2) is 11.5 Å². The molecule has 6 nitrogen and oxygen atoms in total. The van der Waals surface area contributed by atoms with Crippen molar-refractivity contribution in [3.63, 3.8) is 0 Å². The zero-order valence-corrected chi connectivity index (χ0v) is 13.5. The Labute approximate surface area is 136 Å². The van der Waals surface area contributed by atoms with Gasteiger partial charge in [0.2, 0.25) is 0 Å². The molecule has 1 fully saturated rings. The third-order valence-corrected chi connectivity index (χ3v) is 4.24. The van der Waals surface area contributed by atoms with E-state index in [2.05, 4.69) is 0 Å². The minimum atomic E-state index is -1.36. The van der Waals surface area contributed by atoms with E-state index in [4.69, 9.17) is 21.7 Å². The Balaban J connectivity index is 2.28. The summed E-state index contributed by atoms with van der Waals surface area (Å²) in [7, 11) is 3.05. The molecule has 0 aliphatic carbocycles. The van der Waals surface area contributed by atoms with Crippen LogP contribution < -0.4 is 14.6 Å². The molecule has 0 saturated carbocycles. The summed E-state index contributed by atoms with van der Waals surface area (Å²) in [5, 5.41) is 10.6. The van der Waals surface area contributed by atoms with E-state index in [0.29, 0.717) is 22.0 Å². The lowest BCUT2D eigenvalue weighted by Crippen LogP contribution is -2.40. The third-order valence-electron chi connectivity index (χ3n) is 2.87. The maximum Gasteiger partial charge on any atom is 0.266 e. The molecule has 0 bridgehead atoms. The third kappa shape index (κ3) is 3.40. The van der Waals surface area contributed by atoms with E-state index in [-0.39, 0.29) is 4.32 Å². The van der Waals surface area contributed by atoms with Crippen molar-refractivity contribution >= 4 is 46.3 Å². The molecule has 1 heterocycles. The molecule has 1 amide bonds. The van der Waals surface area contributed by atoms with Gasteiger partial charge in [-0.05, 0) is 23.8 Å². The number of thiocarbonyl (C=S) groups is 1. The van der Waals surface area contributed by atoms with Gasteiger partial charge in [0.25, 0.3) is 5.91 Å². The molecule has 1 aromatic rings. The molecular weight excluding hydrogens is 326 g/mol. The number of amides is 1. The second-order valence-electron chi connectivity index (χ2n) is 4.25. The van der Waals surface area contributed by atoms with Crippen LogP contribution in [0.4, 0.5) is 0 Å². The van der Waals surface area contributed by atoms with Crippen LogP contribution in [0.2, 0.25) is 0 Å². The number of carbonyl (C=O) groups is 2. The lowest BCUT2D eigenvalue weighted by molar-refractivity contribution is -0.305. The van der Waals surface area contributed by atoms with Crippen molar-refractivity contribution in [1.29, 1.82) is 0 Å². The fraction of sp³-hybridized carbons (Fsp3) is 0.214. The van der Waals surface area contributed by atoms with Crippen LogP contribution in [0.1, 0.15) is 5.56 Å². The number of rotatable bonds is 5. The Morgan fingerprint density at radius 1 is 1.36 bits per heavy atom. The van der Waals surface area contributed by atoms with Crippen LogP contribution in [-0.2, 0) is 9.59 Å². The predicted molar refractivity (Wildman–Crippen MR) is 84.4 cm³/mol. The minimum absolute atomic E-state index is 0.195. The van der Waals surface area contributed by atoms with Gasteiger partial charge >= 0.3 is 0 Å². The number of nitrogens with zero attached hydrogens (tertiary/aromatic N) is 1. The van der Waals surface area contributed by atoms with Crippen molar-refractivity contribution in [2.24, 2.45) is 0 Å². The first kappa shape index (κ1) is 16.3. The Morgan fingerprint density at radius 3 is 2.64 bits per heavy atom. The van der Waals surface area contributed by atoms with E-state index in [0.717, 1.165) is 16.7 Å². The van der Waals surface area contributed by atoms with Crippen molar-refractivity contribution in [3.8, 4) is 11.5 Å². The number of aliphatic carboxylic acids is 1. The van der Waals surface area contributed by atoms with Gasteiger partial charge in [-0.3, -0.25) is 9.69 Å². The molecule has 22 heavy (non-hydrogen) atoms. The number of thioether (sulfide) groups is 1. The molecule has 1 saturated heterocycles. The highest BCUT2D eigenvalue weighted by Gasteiger charge is 2.31. The molecule has 0 atom stereocenters. The van der Waals surface area contributed by atoms with Gasteiger partial charge in [-0.1, -0.05) is 30.0 Å². The van der Waals surface area contributed by atoms with Gasteiger partial charge in [-0.2, -0.15) is 0 Å². The summed E-state index contributed by atoms with van der Waals surface area (Å²) in [6.07, 6.45) is 1.62. The highest BCUT2D eigenvalue weighted by molar-refractivity contribution is 8.26. The maximum atomic E-state index is 12.1. The molecule has 0 radical (unpaired) electrons. The number of hydrogen-bond acceptors (Lipinski definition) is 7. The molecule has 0 N–H and O–H groups in total. The van der Waals surface area contributed by atoms with Crippen LogP contribution in [0.5, 0.6) is 11.5 Å². The average molecular weight is 338 g/mol. The number of carboxylic acids is 1. The van der Waals surface area contributed by atoms with Crippen LogP contribution in [0.15, 0.2) is 23.1 Å². The quantitative estimate of drug-likeness (QED) is 0.576. The van der Waals surface area contributed by atoms with Crippen LogP contribution >= 0.6 is 24.0 Å². The molecule has 0 aromatic heterocycles. The highest BCUT2D eigenvalue weighted by atomic mass is 32.2. The van der Waals surface area contributed by atoms with Crippen molar-refractivity contribution in [1.82, 2.24) is 4.90 Å². The van der Waals surface area contributed by atoms with Crippen molar-refractivity contribution < 1.29 is 24.2 Å². The van der Waals surface area contributed by atoms with E-state index < -0.39 is 18.4 Å². The molecule has 8 heteroatoms. The fourth-order valence-electron chi connectivity index (χ4n) is 1.86. The first-order valence-corrected chi connectivity index (χ1v) is 7.36. The zero-order chi connectivity index (χ0) is 16.3. The summed E-state index contributed by atoms with van der Waals surface area (Å²) in [5.41, 5.74) is 0.714. The Bertz CT molecular complexity index is 671.